The molecule has 0 radical (unpaired) electrons. The highest BCUT2D eigenvalue weighted by molar-refractivity contribution is 5.97. The van der Waals surface area contributed by atoms with Crippen molar-refractivity contribution >= 4 is 22.6 Å². The smallest absolute Gasteiger partial charge is 0.251 e. The molecular formula is C23H24N2O4. The fourth-order valence-electron chi connectivity index (χ4n) is 3.24. The van der Waals surface area contributed by atoms with E-state index in [0.29, 0.717) is 17.1 Å². The van der Waals surface area contributed by atoms with Crippen LogP contribution in [0.25, 0.3) is 10.8 Å². The minimum absolute atomic E-state index is 0.123. The molecule has 0 heterocycles. The molecule has 0 aromatic heterocycles. The summed E-state index contributed by atoms with van der Waals surface area (Å²) in [5.74, 6) is 0.359. The topological polar surface area (TPSA) is 76.7 Å². The Kier molecular flexibility index (Phi) is 6.34. The average Bonchev–Trinajstić information content (AvgIpc) is 2.76. The molecule has 3 aromatic rings. The van der Waals surface area contributed by atoms with Crippen molar-refractivity contribution < 1.29 is 19.1 Å². The van der Waals surface area contributed by atoms with Gasteiger partial charge in [0, 0.05) is 5.56 Å². The van der Waals surface area contributed by atoms with Crippen LogP contribution in [0.2, 0.25) is 0 Å². The number of amides is 2. The molecule has 6 heteroatoms. The second kappa shape index (κ2) is 9.10. The highest BCUT2D eigenvalue weighted by atomic mass is 16.5. The molecule has 6 nitrogen and oxygen atoms in total. The standard InChI is InChI=1S/C23H24N2O4/c1-15(18-10-6-8-16-7-4-5-9-19(16)18)25-22(26)14-24-23(27)17-11-12-20(28-2)21(13-17)29-3/h4-13,15H,14H2,1-3H3,(H,24,27)(H,25,26). The number of methoxy groups -OCH3 is 2. The Labute approximate surface area is 169 Å². The number of ether oxygens (including phenoxy) is 2. The molecule has 0 saturated heterocycles. The molecule has 0 spiro atoms. The number of hydrogen-bond donors (Lipinski definition) is 2. The van der Waals surface area contributed by atoms with Gasteiger partial charge >= 0.3 is 0 Å². The van der Waals surface area contributed by atoms with Crippen molar-refractivity contribution in [3.05, 3.63) is 71.8 Å². The van der Waals surface area contributed by atoms with E-state index in [1.165, 1.54) is 14.2 Å². The van der Waals surface area contributed by atoms with Gasteiger partial charge in [0.15, 0.2) is 11.5 Å². The molecule has 150 valence electrons. The molecule has 3 aromatic carbocycles. The summed E-state index contributed by atoms with van der Waals surface area (Å²) >= 11 is 0. The van der Waals surface area contributed by atoms with Crippen molar-refractivity contribution in [1.82, 2.24) is 10.6 Å². The van der Waals surface area contributed by atoms with E-state index in [4.69, 9.17) is 9.47 Å². The lowest BCUT2D eigenvalue weighted by molar-refractivity contribution is -0.120. The van der Waals surface area contributed by atoms with Gasteiger partial charge in [-0.2, -0.15) is 0 Å². The van der Waals surface area contributed by atoms with Crippen molar-refractivity contribution in [2.45, 2.75) is 13.0 Å². The zero-order chi connectivity index (χ0) is 20.8. The molecule has 0 aliphatic carbocycles. The van der Waals surface area contributed by atoms with Gasteiger partial charge in [-0.15, -0.1) is 0 Å². The van der Waals surface area contributed by atoms with Crippen LogP contribution in [-0.4, -0.2) is 32.6 Å². The number of carbonyl (C=O) groups excluding carboxylic acids is 2. The highest BCUT2D eigenvalue weighted by Crippen LogP contribution is 2.27. The molecule has 1 unspecified atom stereocenters. The summed E-state index contributed by atoms with van der Waals surface area (Å²) in [5, 5.41) is 7.78. The normalized spacial score (nSPS) is 11.6. The predicted molar refractivity (Wildman–Crippen MR) is 112 cm³/mol. The molecule has 0 bridgehead atoms. The molecule has 0 aliphatic rings. The van der Waals surface area contributed by atoms with Crippen LogP contribution in [0.1, 0.15) is 28.9 Å². The molecule has 2 N–H and O–H groups in total. The van der Waals surface area contributed by atoms with Gasteiger partial charge in [-0.1, -0.05) is 42.5 Å². The first-order chi connectivity index (χ1) is 14.0. The van der Waals surface area contributed by atoms with E-state index < -0.39 is 0 Å². The van der Waals surface area contributed by atoms with E-state index in [0.717, 1.165) is 16.3 Å². The summed E-state index contributed by atoms with van der Waals surface area (Å²) in [6.07, 6.45) is 0. The van der Waals surface area contributed by atoms with E-state index in [1.807, 2.05) is 49.4 Å². The van der Waals surface area contributed by atoms with Crippen molar-refractivity contribution in [2.75, 3.05) is 20.8 Å². The van der Waals surface area contributed by atoms with Crippen LogP contribution >= 0.6 is 0 Å². The van der Waals surface area contributed by atoms with E-state index in [-0.39, 0.29) is 24.4 Å². The average molecular weight is 392 g/mol. The van der Waals surface area contributed by atoms with Gasteiger partial charge in [-0.3, -0.25) is 9.59 Å². The molecule has 1 atom stereocenters. The minimum Gasteiger partial charge on any atom is -0.493 e. The summed E-state index contributed by atoms with van der Waals surface area (Å²) in [4.78, 5) is 24.7. The molecule has 0 fully saturated rings. The summed E-state index contributed by atoms with van der Waals surface area (Å²) in [5.41, 5.74) is 1.42. The van der Waals surface area contributed by atoms with Gasteiger partial charge in [0.25, 0.3) is 5.91 Å². The lowest BCUT2D eigenvalue weighted by Gasteiger charge is -2.17. The van der Waals surface area contributed by atoms with Crippen LogP contribution < -0.4 is 20.1 Å². The van der Waals surface area contributed by atoms with Gasteiger partial charge in [0.05, 0.1) is 26.8 Å². The van der Waals surface area contributed by atoms with Crippen LogP contribution in [0, 0.1) is 0 Å². The molecular weight excluding hydrogens is 368 g/mol. The fourth-order valence-corrected chi connectivity index (χ4v) is 3.24. The molecule has 29 heavy (non-hydrogen) atoms. The van der Waals surface area contributed by atoms with Gasteiger partial charge < -0.3 is 20.1 Å². The van der Waals surface area contributed by atoms with Crippen LogP contribution in [0.5, 0.6) is 11.5 Å². The summed E-state index contributed by atoms with van der Waals surface area (Å²) < 4.78 is 10.4. The van der Waals surface area contributed by atoms with Crippen molar-refractivity contribution in [3.8, 4) is 11.5 Å². The third-order valence-corrected chi connectivity index (χ3v) is 4.72. The molecule has 0 aliphatic heterocycles. The lowest BCUT2D eigenvalue weighted by atomic mass is 10.00. The summed E-state index contributed by atoms with van der Waals surface area (Å²) in [6, 6.07) is 18.7. The van der Waals surface area contributed by atoms with E-state index in [1.54, 1.807) is 18.2 Å². The predicted octanol–water partition coefficient (Wildman–Crippen LogP) is 3.46. The highest BCUT2D eigenvalue weighted by Gasteiger charge is 2.15. The first-order valence-electron chi connectivity index (χ1n) is 9.30. The number of rotatable bonds is 7. The zero-order valence-corrected chi connectivity index (χ0v) is 16.7. The SMILES string of the molecule is COc1ccc(C(=O)NCC(=O)NC(C)c2cccc3ccccc23)cc1OC. The fraction of sp³-hybridized carbons (Fsp3) is 0.217. The number of nitrogens with one attached hydrogen (secondary N) is 2. The number of hydrogen-bond acceptors (Lipinski definition) is 4. The van der Waals surface area contributed by atoms with E-state index in [9.17, 15) is 9.59 Å². The Morgan fingerprint density at radius 3 is 2.41 bits per heavy atom. The number of benzene rings is 3. The van der Waals surface area contributed by atoms with Crippen molar-refractivity contribution in [1.29, 1.82) is 0 Å². The first kappa shape index (κ1) is 20.2. The Morgan fingerprint density at radius 1 is 0.931 bits per heavy atom. The lowest BCUT2D eigenvalue weighted by Crippen LogP contribution is -2.38. The maximum atomic E-state index is 12.4. The quantitative estimate of drug-likeness (QED) is 0.646. The maximum Gasteiger partial charge on any atom is 0.251 e. The Morgan fingerprint density at radius 2 is 1.66 bits per heavy atom. The summed E-state index contributed by atoms with van der Waals surface area (Å²) in [7, 11) is 3.03. The monoisotopic (exact) mass is 392 g/mol. The summed E-state index contributed by atoms with van der Waals surface area (Å²) in [6.45, 7) is 1.80. The maximum absolute atomic E-state index is 12.4. The third-order valence-electron chi connectivity index (χ3n) is 4.72. The molecule has 3 rings (SSSR count). The van der Waals surface area contributed by atoms with Crippen molar-refractivity contribution in [2.24, 2.45) is 0 Å². The van der Waals surface area contributed by atoms with Gasteiger partial charge in [0.1, 0.15) is 0 Å². The zero-order valence-electron chi connectivity index (χ0n) is 16.7. The van der Waals surface area contributed by atoms with Crippen LogP contribution in [0.15, 0.2) is 60.7 Å². The Bertz CT molecular complexity index is 1030. The van der Waals surface area contributed by atoms with Crippen LogP contribution in [0.4, 0.5) is 0 Å². The Balaban J connectivity index is 1.61. The van der Waals surface area contributed by atoms with Gasteiger partial charge in [0.2, 0.25) is 5.91 Å². The number of carbonyl (C=O) groups is 2. The van der Waals surface area contributed by atoms with Gasteiger partial charge in [-0.05, 0) is 41.5 Å². The minimum atomic E-state index is -0.362. The largest absolute Gasteiger partial charge is 0.493 e. The number of fused-ring (bicyclic) bond motifs is 1. The van der Waals surface area contributed by atoms with E-state index >= 15 is 0 Å². The van der Waals surface area contributed by atoms with Crippen LogP contribution in [0.3, 0.4) is 0 Å². The molecule has 2 amide bonds. The van der Waals surface area contributed by atoms with Gasteiger partial charge in [-0.25, -0.2) is 0 Å². The van der Waals surface area contributed by atoms with Crippen molar-refractivity contribution in [3.63, 3.8) is 0 Å². The Hall–Kier alpha value is -3.54. The first-order valence-corrected chi connectivity index (χ1v) is 9.30. The second-order valence-corrected chi connectivity index (χ2v) is 6.61. The second-order valence-electron chi connectivity index (χ2n) is 6.61. The van der Waals surface area contributed by atoms with Crippen LogP contribution in [-0.2, 0) is 4.79 Å². The molecule has 0 saturated carbocycles. The van der Waals surface area contributed by atoms with E-state index in [2.05, 4.69) is 10.6 Å². The third kappa shape index (κ3) is 4.66.